The summed E-state index contributed by atoms with van der Waals surface area (Å²) in [6, 6.07) is 11.6. The molecule has 0 bridgehead atoms. The molecule has 5 nitrogen and oxygen atoms in total. The molecular formula is C20H22Cl2N2O3S. The van der Waals surface area contributed by atoms with Crippen LogP contribution in [0.15, 0.2) is 47.4 Å². The van der Waals surface area contributed by atoms with Crippen LogP contribution in [-0.2, 0) is 21.2 Å². The van der Waals surface area contributed by atoms with Crippen LogP contribution in [-0.4, -0.2) is 31.7 Å². The van der Waals surface area contributed by atoms with E-state index >= 15 is 0 Å². The van der Waals surface area contributed by atoms with E-state index in [0.29, 0.717) is 35.2 Å². The van der Waals surface area contributed by atoms with Crippen LogP contribution in [0.2, 0.25) is 10.0 Å². The summed E-state index contributed by atoms with van der Waals surface area (Å²) < 4.78 is 26.8. The second-order valence-electron chi connectivity index (χ2n) is 6.79. The third kappa shape index (κ3) is 5.26. The fourth-order valence-electron chi connectivity index (χ4n) is 3.14. The predicted octanol–water partition coefficient (Wildman–Crippen LogP) is 4.74. The summed E-state index contributed by atoms with van der Waals surface area (Å²) >= 11 is 11.9. The standard InChI is InChI=1S/C20H22Cl2N2O3S/c21-18-10-4-15(14-19(18)22)5-11-20(25)23-16-6-8-17(9-7-16)28(26,27)24-12-2-1-3-13-24/h4,6-10,14H,1-3,5,11-13H2,(H,23,25). The van der Waals surface area contributed by atoms with Crippen molar-refractivity contribution in [2.75, 3.05) is 18.4 Å². The normalized spacial score (nSPS) is 15.4. The highest BCUT2D eigenvalue weighted by atomic mass is 35.5. The van der Waals surface area contributed by atoms with E-state index in [0.717, 1.165) is 24.8 Å². The molecular weight excluding hydrogens is 419 g/mol. The fraction of sp³-hybridized carbons (Fsp3) is 0.350. The maximum absolute atomic E-state index is 12.6. The van der Waals surface area contributed by atoms with E-state index in [1.807, 2.05) is 6.07 Å². The molecule has 1 heterocycles. The SMILES string of the molecule is O=C(CCc1ccc(Cl)c(Cl)c1)Nc1ccc(S(=O)(=O)N2CCCCC2)cc1. The molecule has 1 N–H and O–H groups in total. The molecule has 1 amide bonds. The molecule has 2 aromatic rings. The molecule has 2 aromatic carbocycles. The minimum absolute atomic E-state index is 0.155. The molecule has 1 saturated heterocycles. The predicted molar refractivity (Wildman–Crippen MR) is 112 cm³/mol. The lowest BCUT2D eigenvalue weighted by Crippen LogP contribution is -2.35. The van der Waals surface area contributed by atoms with Gasteiger partial charge in [-0.05, 0) is 61.2 Å². The molecule has 1 fully saturated rings. The van der Waals surface area contributed by atoms with Crippen molar-refractivity contribution in [1.82, 2.24) is 4.31 Å². The average molecular weight is 441 g/mol. The van der Waals surface area contributed by atoms with Gasteiger partial charge >= 0.3 is 0 Å². The van der Waals surface area contributed by atoms with Crippen molar-refractivity contribution in [2.45, 2.75) is 37.0 Å². The summed E-state index contributed by atoms with van der Waals surface area (Å²) in [5.41, 5.74) is 1.49. The van der Waals surface area contributed by atoms with E-state index in [-0.39, 0.29) is 17.2 Å². The lowest BCUT2D eigenvalue weighted by Gasteiger charge is -2.25. The number of rotatable bonds is 6. The van der Waals surface area contributed by atoms with Crippen molar-refractivity contribution in [3.63, 3.8) is 0 Å². The van der Waals surface area contributed by atoms with Gasteiger partial charge in [0.1, 0.15) is 0 Å². The van der Waals surface area contributed by atoms with Gasteiger partial charge in [-0.1, -0.05) is 35.7 Å². The van der Waals surface area contributed by atoms with Gasteiger partial charge in [-0.3, -0.25) is 4.79 Å². The topological polar surface area (TPSA) is 66.5 Å². The molecule has 0 aliphatic carbocycles. The van der Waals surface area contributed by atoms with E-state index in [2.05, 4.69) is 5.32 Å². The quantitative estimate of drug-likeness (QED) is 0.704. The molecule has 3 rings (SSSR count). The highest BCUT2D eigenvalue weighted by Crippen LogP contribution is 2.24. The Kier molecular flexibility index (Phi) is 6.99. The van der Waals surface area contributed by atoms with Gasteiger partial charge in [0, 0.05) is 25.2 Å². The van der Waals surface area contributed by atoms with Crippen LogP contribution >= 0.6 is 23.2 Å². The third-order valence-electron chi connectivity index (χ3n) is 4.72. The lowest BCUT2D eigenvalue weighted by molar-refractivity contribution is -0.116. The van der Waals surface area contributed by atoms with Crippen molar-refractivity contribution in [3.05, 3.63) is 58.1 Å². The number of carbonyl (C=O) groups is 1. The number of piperidine rings is 1. The van der Waals surface area contributed by atoms with Gasteiger partial charge in [-0.15, -0.1) is 0 Å². The lowest BCUT2D eigenvalue weighted by atomic mass is 10.1. The van der Waals surface area contributed by atoms with Crippen LogP contribution < -0.4 is 5.32 Å². The Hall–Kier alpha value is -1.60. The molecule has 0 aromatic heterocycles. The smallest absolute Gasteiger partial charge is 0.243 e. The van der Waals surface area contributed by atoms with Gasteiger partial charge in [0.05, 0.1) is 14.9 Å². The molecule has 28 heavy (non-hydrogen) atoms. The van der Waals surface area contributed by atoms with Crippen LogP contribution in [0.25, 0.3) is 0 Å². The number of benzene rings is 2. The maximum Gasteiger partial charge on any atom is 0.243 e. The number of carbonyl (C=O) groups excluding carboxylic acids is 1. The molecule has 0 saturated carbocycles. The summed E-state index contributed by atoms with van der Waals surface area (Å²) in [7, 11) is -3.46. The summed E-state index contributed by atoms with van der Waals surface area (Å²) in [5.74, 6) is -0.155. The van der Waals surface area contributed by atoms with Crippen LogP contribution in [0, 0.1) is 0 Å². The number of nitrogens with zero attached hydrogens (tertiary/aromatic N) is 1. The van der Waals surface area contributed by atoms with Crippen LogP contribution in [0.4, 0.5) is 5.69 Å². The highest BCUT2D eigenvalue weighted by molar-refractivity contribution is 7.89. The van der Waals surface area contributed by atoms with Crippen molar-refractivity contribution in [3.8, 4) is 0 Å². The number of amides is 1. The first-order chi connectivity index (χ1) is 13.4. The van der Waals surface area contributed by atoms with Crippen molar-refractivity contribution >= 4 is 44.8 Å². The van der Waals surface area contributed by atoms with Crippen molar-refractivity contribution in [1.29, 1.82) is 0 Å². The van der Waals surface area contributed by atoms with Gasteiger partial charge < -0.3 is 5.32 Å². The summed E-state index contributed by atoms with van der Waals surface area (Å²) in [6.45, 7) is 1.13. The zero-order valence-electron chi connectivity index (χ0n) is 15.3. The van der Waals surface area contributed by atoms with Crippen molar-refractivity contribution < 1.29 is 13.2 Å². The summed E-state index contributed by atoms with van der Waals surface area (Å²) in [6.07, 6.45) is 3.67. The zero-order valence-corrected chi connectivity index (χ0v) is 17.7. The average Bonchev–Trinajstić information content (AvgIpc) is 2.70. The van der Waals surface area contributed by atoms with E-state index in [1.54, 1.807) is 36.4 Å². The number of aryl methyl sites for hydroxylation is 1. The Balaban J connectivity index is 1.57. The van der Waals surface area contributed by atoms with Crippen molar-refractivity contribution in [2.24, 2.45) is 0 Å². The van der Waals surface area contributed by atoms with Crippen LogP contribution in [0.3, 0.4) is 0 Å². The van der Waals surface area contributed by atoms with Gasteiger partial charge in [-0.2, -0.15) is 4.31 Å². The van der Waals surface area contributed by atoms with Crippen LogP contribution in [0.1, 0.15) is 31.2 Å². The zero-order chi connectivity index (χ0) is 20.1. The Morgan fingerprint density at radius 2 is 1.64 bits per heavy atom. The third-order valence-corrected chi connectivity index (χ3v) is 7.37. The maximum atomic E-state index is 12.6. The molecule has 0 atom stereocenters. The number of halogens is 2. The highest BCUT2D eigenvalue weighted by Gasteiger charge is 2.25. The first-order valence-electron chi connectivity index (χ1n) is 9.20. The van der Waals surface area contributed by atoms with E-state index < -0.39 is 10.0 Å². The first-order valence-corrected chi connectivity index (χ1v) is 11.4. The molecule has 0 unspecified atom stereocenters. The Morgan fingerprint density at radius 3 is 2.29 bits per heavy atom. The molecule has 150 valence electrons. The summed E-state index contributed by atoms with van der Waals surface area (Å²) in [4.78, 5) is 12.4. The van der Waals surface area contributed by atoms with Gasteiger partial charge in [0.25, 0.3) is 0 Å². The first kappa shape index (κ1) is 21.1. The Morgan fingerprint density at radius 1 is 0.964 bits per heavy atom. The number of hydrogen-bond acceptors (Lipinski definition) is 3. The van der Waals surface area contributed by atoms with Gasteiger partial charge in [0.2, 0.25) is 15.9 Å². The van der Waals surface area contributed by atoms with E-state index in [9.17, 15) is 13.2 Å². The largest absolute Gasteiger partial charge is 0.326 e. The molecule has 1 aliphatic heterocycles. The fourth-order valence-corrected chi connectivity index (χ4v) is 4.98. The molecule has 8 heteroatoms. The number of sulfonamides is 1. The number of anilines is 1. The number of hydrogen-bond donors (Lipinski definition) is 1. The molecule has 1 aliphatic rings. The Bertz CT molecular complexity index is 940. The summed E-state index contributed by atoms with van der Waals surface area (Å²) in [5, 5.41) is 3.73. The minimum Gasteiger partial charge on any atom is -0.326 e. The number of nitrogens with one attached hydrogen (secondary N) is 1. The second-order valence-corrected chi connectivity index (χ2v) is 9.54. The van der Waals surface area contributed by atoms with E-state index in [1.165, 1.54) is 4.31 Å². The minimum atomic E-state index is -3.46. The van der Waals surface area contributed by atoms with E-state index in [4.69, 9.17) is 23.2 Å². The molecule has 0 spiro atoms. The second kappa shape index (κ2) is 9.27. The Labute approximate surface area is 175 Å². The van der Waals surface area contributed by atoms with Gasteiger partial charge in [-0.25, -0.2) is 8.42 Å². The monoisotopic (exact) mass is 440 g/mol. The van der Waals surface area contributed by atoms with Gasteiger partial charge in [0.15, 0.2) is 0 Å². The molecule has 0 radical (unpaired) electrons. The van der Waals surface area contributed by atoms with Crippen LogP contribution in [0.5, 0.6) is 0 Å².